The lowest BCUT2D eigenvalue weighted by Gasteiger charge is -2.14. The van der Waals surface area contributed by atoms with Crippen LogP contribution in [0.3, 0.4) is 0 Å². The normalized spacial score (nSPS) is 12.9. The van der Waals surface area contributed by atoms with Crippen molar-refractivity contribution in [3.8, 4) is 0 Å². The highest BCUT2D eigenvalue weighted by molar-refractivity contribution is 5.02. The van der Waals surface area contributed by atoms with Crippen LogP contribution < -0.4 is 0 Å². The third kappa shape index (κ3) is 4.82. The van der Waals surface area contributed by atoms with Crippen LogP contribution in [0, 0.1) is 0 Å². The van der Waals surface area contributed by atoms with Crippen molar-refractivity contribution in [2.75, 3.05) is 0 Å². The second kappa shape index (κ2) is 8.37. The maximum atomic E-state index is 4.14. The SMILES string of the molecule is CCCCCCC(CCCC)c1cnc[nH]1. The van der Waals surface area contributed by atoms with Crippen LogP contribution in [0.1, 0.15) is 76.8 Å². The van der Waals surface area contributed by atoms with Crippen molar-refractivity contribution in [3.05, 3.63) is 18.2 Å². The van der Waals surface area contributed by atoms with Gasteiger partial charge in [0.1, 0.15) is 0 Å². The Morgan fingerprint density at radius 3 is 2.44 bits per heavy atom. The van der Waals surface area contributed by atoms with Gasteiger partial charge in [0, 0.05) is 17.8 Å². The third-order valence-electron chi connectivity index (χ3n) is 3.27. The largest absolute Gasteiger partial charge is 0.348 e. The molecule has 1 aromatic heterocycles. The van der Waals surface area contributed by atoms with Gasteiger partial charge in [-0.25, -0.2) is 4.98 Å². The molecule has 1 atom stereocenters. The quantitative estimate of drug-likeness (QED) is 0.605. The Morgan fingerprint density at radius 2 is 1.81 bits per heavy atom. The van der Waals surface area contributed by atoms with E-state index in [0.717, 1.165) is 0 Å². The summed E-state index contributed by atoms with van der Waals surface area (Å²) in [6, 6.07) is 0. The van der Waals surface area contributed by atoms with Crippen molar-refractivity contribution in [3.63, 3.8) is 0 Å². The fourth-order valence-corrected chi connectivity index (χ4v) is 2.21. The van der Waals surface area contributed by atoms with Crippen LogP contribution in [0.15, 0.2) is 12.5 Å². The van der Waals surface area contributed by atoms with Gasteiger partial charge in [0.25, 0.3) is 0 Å². The molecule has 2 heteroatoms. The lowest BCUT2D eigenvalue weighted by molar-refractivity contribution is 0.501. The minimum Gasteiger partial charge on any atom is -0.348 e. The summed E-state index contributed by atoms with van der Waals surface area (Å²) in [5.74, 6) is 0.708. The van der Waals surface area contributed by atoms with Crippen molar-refractivity contribution in [2.45, 2.75) is 71.1 Å². The molecule has 0 spiro atoms. The van der Waals surface area contributed by atoms with Crippen LogP contribution >= 0.6 is 0 Å². The highest BCUT2D eigenvalue weighted by atomic mass is 14.9. The van der Waals surface area contributed by atoms with Gasteiger partial charge in [0.2, 0.25) is 0 Å². The van der Waals surface area contributed by atoms with E-state index in [9.17, 15) is 0 Å². The van der Waals surface area contributed by atoms with Gasteiger partial charge in [-0.15, -0.1) is 0 Å². The summed E-state index contributed by atoms with van der Waals surface area (Å²) in [5.41, 5.74) is 1.34. The molecule has 0 aliphatic carbocycles. The van der Waals surface area contributed by atoms with Gasteiger partial charge < -0.3 is 4.98 Å². The molecule has 1 N–H and O–H groups in total. The number of aromatic nitrogens is 2. The van der Waals surface area contributed by atoms with Gasteiger partial charge >= 0.3 is 0 Å². The zero-order valence-electron chi connectivity index (χ0n) is 10.8. The minimum absolute atomic E-state index is 0.708. The summed E-state index contributed by atoms with van der Waals surface area (Å²) < 4.78 is 0. The highest BCUT2D eigenvalue weighted by Gasteiger charge is 2.11. The minimum atomic E-state index is 0.708. The van der Waals surface area contributed by atoms with Gasteiger partial charge in [-0.05, 0) is 12.8 Å². The Morgan fingerprint density at radius 1 is 1.06 bits per heavy atom. The first-order valence-corrected chi connectivity index (χ1v) is 6.86. The standard InChI is InChI=1S/C14H26N2/c1-3-5-7-8-10-13(9-6-4-2)14-11-15-12-16-14/h11-13H,3-10H2,1-2H3,(H,15,16). The van der Waals surface area contributed by atoms with Gasteiger partial charge in [0.15, 0.2) is 0 Å². The monoisotopic (exact) mass is 222 g/mol. The van der Waals surface area contributed by atoms with Crippen LogP contribution in [0.25, 0.3) is 0 Å². The van der Waals surface area contributed by atoms with E-state index < -0.39 is 0 Å². The number of hydrogen-bond acceptors (Lipinski definition) is 1. The molecule has 1 aromatic rings. The molecule has 0 radical (unpaired) electrons. The molecule has 0 fully saturated rings. The molecular weight excluding hydrogens is 196 g/mol. The summed E-state index contributed by atoms with van der Waals surface area (Å²) >= 11 is 0. The molecule has 1 rings (SSSR count). The molecule has 1 heterocycles. The van der Waals surface area contributed by atoms with Crippen LogP contribution in [0.2, 0.25) is 0 Å². The van der Waals surface area contributed by atoms with E-state index in [1.165, 1.54) is 57.1 Å². The summed E-state index contributed by atoms with van der Waals surface area (Å²) in [7, 11) is 0. The zero-order valence-corrected chi connectivity index (χ0v) is 10.8. The molecule has 2 nitrogen and oxygen atoms in total. The second-order valence-corrected chi connectivity index (χ2v) is 4.70. The number of imidazole rings is 1. The molecule has 0 saturated heterocycles. The van der Waals surface area contributed by atoms with E-state index >= 15 is 0 Å². The van der Waals surface area contributed by atoms with Gasteiger partial charge in [-0.2, -0.15) is 0 Å². The fraction of sp³-hybridized carbons (Fsp3) is 0.786. The van der Waals surface area contributed by atoms with Crippen molar-refractivity contribution in [2.24, 2.45) is 0 Å². The number of aromatic amines is 1. The topological polar surface area (TPSA) is 28.7 Å². The van der Waals surface area contributed by atoms with E-state index in [-0.39, 0.29) is 0 Å². The molecule has 0 bridgehead atoms. The average molecular weight is 222 g/mol. The number of nitrogens with one attached hydrogen (secondary N) is 1. The first kappa shape index (κ1) is 13.3. The first-order chi connectivity index (χ1) is 7.88. The van der Waals surface area contributed by atoms with Crippen molar-refractivity contribution >= 4 is 0 Å². The van der Waals surface area contributed by atoms with Crippen LogP contribution in [-0.2, 0) is 0 Å². The Balaban J connectivity index is 2.32. The van der Waals surface area contributed by atoms with E-state index in [1.54, 1.807) is 6.33 Å². The molecule has 0 aliphatic heterocycles. The number of hydrogen-bond donors (Lipinski definition) is 1. The summed E-state index contributed by atoms with van der Waals surface area (Å²) in [5, 5.41) is 0. The summed E-state index contributed by atoms with van der Waals surface area (Å²) in [6.07, 6.45) is 14.5. The van der Waals surface area contributed by atoms with Crippen molar-refractivity contribution < 1.29 is 0 Å². The maximum absolute atomic E-state index is 4.14. The molecule has 0 aromatic carbocycles. The first-order valence-electron chi connectivity index (χ1n) is 6.86. The predicted molar refractivity (Wildman–Crippen MR) is 69.6 cm³/mol. The predicted octanol–water partition coefficient (Wildman–Crippen LogP) is 4.65. The second-order valence-electron chi connectivity index (χ2n) is 4.70. The van der Waals surface area contributed by atoms with Crippen LogP contribution in [0.4, 0.5) is 0 Å². The van der Waals surface area contributed by atoms with Crippen LogP contribution in [-0.4, -0.2) is 9.97 Å². The third-order valence-corrected chi connectivity index (χ3v) is 3.27. The summed E-state index contributed by atoms with van der Waals surface area (Å²) in [6.45, 7) is 4.53. The number of unbranched alkanes of at least 4 members (excludes halogenated alkanes) is 4. The Kier molecular flexibility index (Phi) is 6.95. The molecular formula is C14H26N2. The Hall–Kier alpha value is -0.790. The maximum Gasteiger partial charge on any atom is 0.0921 e. The van der Waals surface area contributed by atoms with E-state index in [2.05, 4.69) is 23.8 Å². The zero-order chi connectivity index (χ0) is 11.6. The molecule has 0 aliphatic rings. The summed E-state index contributed by atoms with van der Waals surface area (Å²) in [4.78, 5) is 7.42. The average Bonchev–Trinajstić information content (AvgIpc) is 2.82. The Bertz CT molecular complexity index is 241. The fourth-order valence-electron chi connectivity index (χ4n) is 2.21. The lowest BCUT2D eigenvalue weighted by Crippen LogP contribution is -1.99. The van der Waals surface area contributed by atoms with Crippen molar-refractivity contribution in [1.82, 2.24) is 9.97 Å². The van der Waals surface area contributed by atoms with E-state index in [4.69, 9.17) is 0 Å². The van der Waals surface area contributed by atoms with Gasteiger partial charge in [-0.1, -0.05) is 52.4 Å². The van der Waals surface area contributed by atoms with Gasteiger partial charge in [0.05, 0.1) is 6.33 Å². The smallest absolute Gasteiger partial charge is 0.0921 e. The van der Waals surface area contributed by atoms with E-state index in [0.29, 0.717) is 5.92 Å². The number of rotatable bonds is 9. The van der Waals surface area contributed by atoms with Crippen LogP contribution in [0.5, 0.6) is 0 Å². The lowest BCUT2D eigenvalue weighted by atomic mass is 9.93. The number of H-pyrrole nitrogens is 1. The molecule has 0 saturated carbocycles. The Labute approximate surface area is 99.9 Å². The molecule has 92 valence electrons. The van der Waals surface area contributed by atoms with Crippen molar-refractivity contribution in [1.29, 1.82) is 0 Å². The molecule has 1 unspecified atom stereocenters. The molecule has 16 heavy (non-hydrogen) atoms. The number of nitrogens with zero attached hydrogens (tertiary/aromatic N) is 1. The highest BCUT2D eigenvalue weighted by Crippen LogP contribution is 2.26. The van der Waals surface area contributed by atoms with Gasteiger partial charge in [-0.3, -0.25) is 0 Å². The van der Waals surface area contributed by atoms with E-state index in [1.807, 2.05) is 6.20 Å². The molecule has 0 amide bonds.